The van der Waals surface area contributed by atoms with E-state index in [1.54, 1.807) is 0 Å². The van der Waals surface area contributed by atoms with Crippen molar-refractivity contribution in [2.45, 2.75) is 13.8 Å². The van der Waals surface area contributed by atoms with Gasteiger partial charge in [-0.3, -0.25) is 0 Å². The highest BCUT2D eigenvalue weighted by molar-refractivity contribution is 7.75. The van der Waals surface area contributed by atoms with Crippen molar-refractivity contribution in [1.29, 1.82) is 0 Å². The second-order valence-electron chi connectivity index (χ2n) is 6.54. The molecule has 0 aliphatic heterocycles. The number of esters is 1. The topological polar surface area (TPSA) is 38.7 Å². The van der Waals surface area contributed by atoms with Gasteiger partial charge in [0, 0.05) is 0 Å². The minimum Gasteiger partial charge on any atom is -0.509 e. The van der Waals surface area contributed by atoms with Crippen LogP contribution < -0.4 is 10.6 Å². The number of hydrogen-bond donors (Lipinski definition) is 0. The summed E-state index contributed by atoms with van der Waals surface area (Å²) >= 11 is 0. The zero-order valence-electron chi connectivity index (χ0n) is 16.8. The van der Waals surface area contributed by atoms with Gasteiger partial charge >= 0.3 is 0 Å². The SMILES string of the molecule is COC(=O)/C([C-]=Nc1c(C)cccc1C)=C/P(c1ccccc1)c1ccccc1. The van der Waals surface area contributed by atoms with E-state index in [1.807, 2.05) is 74.3 Å². The molecule has 4 heteroatoms. The summed E-state index contributed by atoms with van der Waals surface area (Å²) in [6.45, 7) is 3.99. The number of hydrogen-bond acceptors (Lipinski definition) is 3. The Morgan fingerprint density at radius 1 is 0.862 bits per heavy atom. The Balaban J connectivity index is 2.07. The number of carbonyl (C=O) groups excluding carboxylic acids is 1. The minimum absolute atomic E-state index is 0.328. The van der Waals surface area contributed by atoms with Gasteiger partial charge in [-0.05, 0) is 41.9 Å². The Bertz CT molecular complexity index is 967. The fraction of sp³-hybridized carbons (Fsp3) is 0.120. The second kappa shape index (κ2) is 9.95. The van der Waals surface area contributed by atoms with Crippen LogP contribution in [0.3, 0.4) is 0 Å². The van der Waals surface area contributed by atoms with Crippen LogP contribution in [0.25, 0.3) is 0 Å². The maximum absolute atomic E-state index is 12.5. The molecule has 29 heavy (non-hydrogen) atoms. The normalized spacial score (nSPS) is 11.8. The summed E-state index contributed by atoms with van der Waals surface area (Å²) in [6, 6.07) is 26.3. The Kier molecular flexibility index (Phi) is 7.10. The molecular formula is C25H23NO2P-. The van der Waals surface area contributed by atoms with Gasteiger partial charge in [0.05, 0.1) is 7.11 Å². The first-order valence-corrected chi connectivity index (χ1v) is 10.7. The molecule has 0 atom stereocenters. The van der Waals surface area contributed by atoms with Crippen LogP contribution in [0.4, 0.5) is 5.69 Å². The molecule has 0 saturated carbocycles. The van der Waals surface area contributed by atoms with Gasteiger partial charge in [-0.25, -0.2) is 0 Å². The lowest BCUT2D eigenvalue weighted by Crippen LogP contribution is -2.12. The molecule has 0 aromatic heterocycles. The summed E-state index contributed by atoms with van der Waals surface area (Å²) in [7, 11) is 0.470. The molecule has 146 valence electrons. The molecule has 0 aliphatic carbocycles. The fourth-order valence-electron chi connectivity index (χ4n) is 2.94. The zero-order valence-corrected chi connectivity index (χ0v) is 17.7. The number of aliphatic imine (C=N–C) groups is 1. The monoisotopic (exact) mass is 400 g/mol. The molecule has 0 radical (unpaired) electrons. The van der Waals surface area contributed by atoms with Crippen molar-refractivity contribution in [3.8, 4) is 0 Å². The number of methoxy groups -OCH3 is 1. The summed E-state index contributed by atoms with van der Waals surface area (Å²) in [5.74, 6) is 1.49. The van der Waals surface area contributed by atoms with Gasteiger partial charge in [-0.2, -0.15) is 0 Å². The summed E-state index contributed by atoms with van der Waals surface area (Å²) < 4.78 is 5.01. The van der Waals surface area contributed by atoms with Gasteiger partial charge in [-0.15, -0.1) is 5.82 Å². The molecule has 0 unspecified atom stereocenters. The van der Waals surface area contributed by atoms with E-state index in [4.69, 9.17) is 4.74 Å². The fourth-order valence-corrected chi connectivity index (χ4v) is 4.94. The van der Waals surface area contributed by atoms with E-state index in [1.165, 1.54) is 7.11 Å². The first-order chi connectivity index (χ1) is 14.1. The van der Waals surface area contributed by atoms with Crippen molar-refractivity contribution < 1.29 is 9.53 Å². The standard InChI is InChI=1S/C25H23NO2P/c1-19-11-10-12-20(2)24(19)26-17-21(25(27)28-3)18-29(22-13-6-4-7-14-22)23-15-8-5-9-16-23/h4-16,18H,1-3H3/q-1/b21-18+. The highest BCUT2D eigenvalue weighted by atomic mass is 31.1. The molecule has 3 aromatic rings. The average Bonchev–Trinajstić information content (AvgIpc) is 2.76. The van der Waals surface area contributed by atoms with Crippen molar-refractivity contribution in [3.05, 3.63) is 101 Å². The first-order valence-electron chi connectivity index (χ1n) is 9.32. The van der Waals surface area contributed by atoms with Gasteiger partial charge in [0.25, 0.3) is 5.97 Å². The quantitative estimate of drug-likeness (QED) is 0.190. The van der Waals surface area contributed by atoms with Crippen LogP contribution in [0.2, 0.25) is 0 Å². The highest BCUT2D eigenvalue weighted by Crippen LogP contribution is 2.36. The summed E-state index contributed by atoms with van der Waals surface area (Å²) in [5.41, 5.74) is 3.23. The van der Waals surface area contributed by atoms with E-state index in [-0.39, 0.29) is 0 Å². The highest BCUT2D eigenvalue weighted by Gasteiger charge is 2.11. The van der Waals surface area contributed by atoms with Crippen LogP contribution in [0.5, 0.6) is 0 Å². The van der Waals surface area contributed by atoms with Crippen LogP contribution in [-0.4, -0.2) is 19.3 Å². The Morgan fingerprint density at radius 2 is 1.38 bits per heavy atom. The van der Waals surface area contributed by atoms with Gasteiger partial charge in [0.1, 0.15) is 0 Å². The molecule has 3 nitrogen and oxygen atoms in total. The van der Waals surface area contributed by atoms with Crippen LogP contribution in [0.1, 0.15) is 11.1 Å². The van der Waals surface area contributed by atoms with Crippen LogP contribution >= 0.6 is 7.92 Å². The van der Waals surface area contributed by atoms with E-state index in [0.29, 0.717) is 5.57 Å². The molecule has 3 rings (SSSR count). The second-order valence-corrected chi connectivity index (χ2v) is 8.57. The molecule has 0 amide bonds. The third-order valence-electron chi connectivity index (χ3n) is 4.46. The average molecular weight is 400 g/mol. The maximum atomic E-state index is 12.5. The van der Waals surface area contributed by atoms with Gasteiger partial charge < -0.3 is 14.5 Å². The van der Waals surface area contributed by atoms with E-state index < -0.39 is 13.9 Å². The largest absolute Gasteiger partial charge is 0.509 e. The number of nitrogens with zero attached hydrogens (tertiary/aromatic N) is 1. The number of para-hydroxylation sites is 1. The molecule has 3 aromatic carbocycles. The molecular weight excluding hydrogens is 377 g/mol. The minimum atomic E-state index is -0.910. The van der Waals surface area contributed by atoms with Crippen molar-refractivity contribution in [3.63, 3.8) is 0 Å². The number of ether oxygens (including phenoxy) is 1. The zero-order chi connectivity index (χ0) is 20.6. The van der Waals surface area contributed by atoms with Crippen LogP contribution in [0.15, 0.2) is 95.2 Å². The predicted molar refractivity (Wildman–Crippen MR) is 122 cm³/mol. The lowest BCUT2D eigenvalue weighted by molar-refractivity contribution is -0.135. The summed E-state index contributed by atoms with van der Waals surface area (Å²) in [6.07, 6.45) is 2.97. The lowest BCUT2D eigenvalue weighted by atomic mass is 10.1. The van der Waals surface area contributed by atoms with E-state index >= 15 is 0 Å². The number of rotatable bonds is 6. The number of benzene rings is 3. The van der Waals surface area contributed by atoms with Gasteiger partial charge in [0.15, 0.2) is 0 Å². The molecule has 0 aliphatic rings. The van der Waals surface area contributed by atoms with Gasteiger partial charge in [0.2, 0.25) is 0 Å². The smallest absolute Gasteiger partial charge is 0.251 e. The predicted octanol–water partition coefficient (Wildman–Crippen LogP) is 5.07. The Labute approximate surface area is 173 Å². The van der Waals surface area contributed by atoms with Crippen molar-refractivity contribution >= 4 is 36.4 Å². The molecule has 0 spiro atoms. The number of aryl methyl sites for hydroxylation is 2. The molecule has 0 saturated heterocycles. The van der Waals surface area contributed by atoms with Crippen molar-refractivity contribution in [2.75, 3.05) is 7.11 Å². The van der Waals surface area contributed by atoms with Crippen LogP contribution in [0, 0.1) is 13.8 Å². The van der Waals surface area contributed by atoms with E-state index in [0.717, 1.165) is 27.4 Å². The first kappa shape index (κ1) is 20.7. The third kappa shape index (κ3) is 5.28. The van der Waals surface area contributed by atoms with Crippen LogP contribution in [-0.2, 0) is 9.53 Å². The maximum Gasteiger partial charge on any atom is 0.251 e. The van der Waals surface area contributed by atoms with Crippen molar-refractivity contribution in [1.82, 2.24) is 0 Å². The molecule has 0 N–H and O–H groups in total. The molecule has 0 fully saturated rings. The Morgan fingerprint density at radius 3 is 1.86 bits per heavy atom. The lowest BCUT2D eigenvalue weighted by Gasteiger charge is -2.19. The number of carbonyl (C=O) groups is 1. The third-order valence-corrected chi connectivity index (χ3v) is 6.69. The van der Waals surface area contributed by atoms with E-state index in [9.17, 15) is 4.79 Å². The molecule has 0 bridgehead atoms. The summed E-state index contributed by atoms with van der Waals surface area (Å²) in [5, 5.41) is 2.29. The van der Waals surface area contributed by atoms with Crippen molar-refractivity contribution in [2.24, 2.45) is 4.99 Å². The summed E-state index contributed by atoms with van der Waals surface area (Å²) in [4.78, 5) is 17.0. The van der Waals surface area contributed by atoms with E-state index in [2.05, 4.69) is 35.5 Å². The molecule has 0 heterocycles. The Hall–Kier alpha value is -3.03. The van der Waals surface area contributed by atoms with Gasteiger partial charge in [-0.1, -0.05) is 97.9 Å².